The van der Waals surface area contributed by atoms with Gasteiger partial charge in [0.25, 0.3) is 0 Å². The summed E-state index contributed by atoms with van der Waals surface area (Å²) in [6, 6.07) is 5.97. The van der Waals surface area contributed by atoms with Gasteiger partial charge in [0.05, 0.1) is 5.54 Å². The van der Waals surface area contributed by atoms with E-state index in [4.69, 9.17) is 0 Å². The molecule has 0 spiro atoms. The summed E-state index contributed by atoms with van der Waals surface area (Å²) in [6.07, 6.45) is 7.46. The maximum absolute atomic E-state index is 13.0. The molecule has 0 radical (unpaired) electrons. The minimum absolute atomic E-state index is 0.0418. The first kappa shape index (κ1) is 18.3. The number of anilines is 1. The molecule has 0 saturated heterocycles. The predicted octanol–water partition coefficient (Wildman–Crippen LogP) is 4.38. The number of nitrogens with zero attached hydrogens (tertiary/aromatic N) is 4. The average molecular weight is 444 g/mol. The van der Waals surface area contributed by atoms with Crippen molar-refractivity contribution >= 4 is 27.5 Å². The lowest BCUT2D eigenvalue weighted by molar-refractivity contribution is -0.135. The largest absolute Gasteiger partial charge is 0.326 e. The predicted molar refractivity (Wildman–Crippen MR) is 110 cm³/mol. The van der Waals surface area contributed by atoms with Gasteiger partial charge in [-0.05, 0) is 98.6 Å². The van der Waals surface area contributed by atoms with Crippen molar-refractivity contribution in [2.75, 3.05) is 5.32 Å². The molecule has 4 atom stereocenters. The monoisotopic (exact) mass is 443 g/mol. The van der Waals surface area contributed by atoms with Crippen molar-refractivity contribution in [3.63, 3.8) is 0 Å². The second kappa shape index (κ2) is 6.37. The van der Waals surface area contributed by atoms with Gasteiger partial charge in [0.1, 0.15) is 0 Å². The first-order valence-electron chi connectivity index (χ1n) is 10.2. The molecule has 1 aromatic heterocycles. The Labute approximate surface area is 173 Å². The molecule has 0 aliphatic heterocycles. The van der Waals surface area contributed by atoms with Crippen LogP contribution >= 0.6 is 15.9 Å². The van der Waals surface area contributed by atoms with Crippen molar-refractivity contribution in [2.45, 2.75) is 64.3 Å². The first-order valence-corrected chi connectivity index (χ1v) is 11.0. The number of nitrogens with one attached hydrogen (secondary N) is 1. The van der Waals surface area contributed by atoms with Crippen molar-refractivity contribution in [2.24, 2.45) is 17.3 Å². The quantitative estimate of drug-likeness (QED) is 0.760. The van der Waals surface area contributed by atoms with E-state index in [1.54, 1.807) is 0 Å². The van der Waals surface area contributed by atoms with Crippen molar-refractivity contribution in [3.05, 3.63) is 34.1 Å². The Morgan fingerprint density at radius 3 is 2.64 bits per heavy atom. The molecule has 4 aliphatic carbocycles. The summed E-state index contributed by atoms with van der Waals surface area (Å²) in [5.74, 6) is 2.21. The van der Waals surface area contributed by atoms with Crippen LogP contribution in [-0.2, 0) is 10.3 Å². The maximum atomic E-state index is 13.0. The van der Waals surface area contributed by atoms with Crippen LogP contribution in [0.3, 0.4) is 0 Å². The van der Waals surface area contributed by atoms with Gasteiger partial charge < -0.3 is 5.32 Å². The molecule has 4 saturated carbocycles. The lowest BCUT2D eigenvalue weighted by Crippen LogP contribution is -2.57. The molecular weight excluding hydrogens is 418 g/mol. The van der Waals surface area contributed by atoms with Gasteiger partial charge in [0.15, 0.2) is 5.82 Å². The second-order valence-corrected chi connectivity index (χ2v) is 10.4. The molecule has 4 fully saturated rings. The molecule has 2 aromatic rings. The van der Waals surface area contributed by atoms with Crippen molar-refractivity contribution in [1.82, 2.24) is 20.2 Å². The van der Waals surface area contributed by atoms with Gasteiger partial charge in [-0.2, -0.15) is 4.80 Å². The molecular formula is C21H26BrN5O. The molecule has 6 rings (SSSR count). The second-order valence-electron chi connectivity index (χ2n) is 9.50. The maximum Gasteiger partial charge on any atom is 0.224 e. The summed E-state index contributed by atoms with van der Waals surface area (Å²) in [5.41, 5.74) is 2.03. The fraction of sp³-hybridized carbons (Fsp3) is 0.619. The van der Waals surface area contributed by atoms with E-state index in [0.29, 0.717) is 18.3 Å². The van der Waals surface area contributed by atoms with E-state index >= 15 is 0 Å². The molecule has 1 N–H and O–H groups in total. The van der Waals surface area contributed by atoms with Gasteiger partial charge in [-0.1, -0.05) is 15.9 Å². The number of hydrogen-bond acceptors (Lipinski definition) is 4. The molecule has 28 heavy (non-hydrogen) atoms. The zero-order valence-corrected chi connectivity index (χ0v) is 18.0. The normalized spacial score (nSPS) is 33.2. The van der Waals surface area contributed by atoms with Crippen molar-refractivity contribution in [3.8, 4) is 0 Å². The highest BCUT2D eigenvalue weighted by Gasteiger charge is 2.59. The minimum Gasteiger partial charge on any atom is -0.326 e. The number of carbonyl (C=O) groups excluding carboxylic acids is 1. The van der Waals surface area contributed by atoms with Crippen LogP contribution in [0.4, 0.5) is 5.69 Å². The Morgan fingerprint density at radius 2 is 2.00 bits per heavy atom. The molecule has 4 aliphatic rings. The minimum atomic E-state index is -0.0418. The highest BCUT2D eigenvalue weighted by molar-refractivity contribution is 9.10. The summed E-state index contributed by atoms with van der Waals surface area (Å²) in [4.78, 5) is 14.9. The fourth-order valence-corrected chi connectivity index (χ4v) is 6.84. The average Bonchev–Trinajstić information content (AvgIpc) is 3.04. The van der Waals surface area contributed by atoms with Gasteiger partial charge in [0, 0.05) is 16.6 Å². The molecule has 1 heterocycles. The van der Waals surface area contributed by atoms with Crippen LogP contribution in [0.2, 0.25) is 0 Å². The van der Waals surface area contributed by atoms with Crippen molar-refractivity contribution < 1.29 is 4.79 Å². The zero-order chi connectivity index (χ0) is 19.5. The van der Waals surface area contributed by atoms with E-state index in [-0.39, 0.29) is 16.9 Å². The molecule has 4 bridgehead atoms. The highest BCUT2D eigenvalue weighted by Crippen LogP contribution is 2.65. The molecule has 1 amide bonds. The third-order valence-electron chi connectivity index (χ3n) is 7.07. The number of amides is 1. The van der Waals surface area contributed by atoms with E-state index < -0.39 is 0 Å². The Balaban J connectivity index is 1.37. The van der Waals surface area contributed by atoms with Crippen LogP contribution in [0.15, 0.2) is 22.7 Å². The highest BCUT2D eigenvalue weighted by atomic mass is 79.9. The van der Waals surface area contributed by atoms with Gasteiger partial charge in [-0.3, -0.25) is 4.79 Å². The van der Waals surface area contributed by atoms with E-state index in [1.165, 1.54) is 6.42 Å². The Hall–Kier alpha value is -1.76. The lowest BCUT2D eigenvalue weighted by atomic mass is 9.46. The van der Waals surface area contributed by atoms with Crippen LogP contribution in [-0.4, -0.2) is 26.1 Å². The summed E-state index contributed by atoms with van der Waals surface area (Å²) in [7, 11) is 0. The molecule has 2 unspecified atom stereocenters. The molecule has 148 valence electrons. The molecule has 7 heteroatoms. The number of benzene rings is 1. The number of aryl methyl sites for hydroxylation is 2. The third-order valence-corrected chi connectivity index (χ3v) is 7.96. The Bertz CT molecular complexity index is 925. The topological polar surface area (TPSA) is 72.7 Å². The Kier molecular flexibility index (Phi) is 4.16. The molecule has 1 aromatic carbocycles. The van der Waals surface area contributed by atoms with Crippen molar-refractivity contribution in [1.29, 1.82) is 0 Å². The zero-order valence-electron chi connectivity index (χ0n) is 16.4. The first-order chi connectivity index (χ1) is 13.3. The van der Waals surface area contributed by atoms with E-state index in [2.05, 4.69) is 36.7 Å². The van der Waals surface area contributed by atoms with E-state index in [1.807, 2.05) is 36.8 Å². The number of halogens is 1. The number of aromatic nitrogens is 4. The fourth-order valence-electron chi connectivity index (χ4n) is 6.60. The van der Waals surface area contributed by atoms with Gasteiger partial charge in [0.2, 0.25) is 5.91 Å². The summed E-state index contributed by atoms with van der Waals surface area (Å²) in [5, 5.41) is 16.2. The molecule has 6 nitrogen and oxygen atoms in total. The van der Waals surface area contributed by atoms with Crippen LogP contribution in [0.1, 0.15) is 56.3 Å². The number of tetrazole rings is 1. The van der Waals surface area contributed by atoms with Crippen LogP contribution < -0.4 is 5.32 Å². The lowest BCUT2D eigenvalue weighted by Gasteiger charge is -2.61. The number of rotatable bonds is 4. The summed E-state index contributed by atoms with van der Waals surface area (Å²) < 4.78 is 1.06. The SMILES string of the molecule is Cc1nnn(C23C[C@@H]4C[C@@H](CC(CC(=O)Nc5ccc(Br)c(C)c5)(C4)C2)C3)n1. The van der Waals surface area contributed by atoms with Crippen LogP contribution in [0, 0.1) is 31.1 Å². The number of carbonyl (C=O) groups is 1. The van der Waals surface area contributed by atoms with E-state index in [9.17, 15) is 4.79 Å². The van der Waals surface area contributed by atoms with Crippen LogP contribution in [0.5, 0.6) is 0 Å². The summed E-state index contributed by atoms with van der Waals surface area (Å²) >= 11 is 3.52. The van der Waals surface area contributed by atoms with Gasteiger partial charge in [-0.15, -0.1) is 10.2 Å². The third kappa shape index (κ3) is 3.08. The standard InChI is InChI=1S/C21H26BrN5O/c1-13-5-17(3-4-18(13)22)23-19(28)11-20-7-15-6-16(8-20)10-21(9-15,12-20)27-25-14(2)24-26-27/h3-5,15-16H,6-12H2,1-2H3,(H,23,28)/t15-,16+,20?,21?. The smallest absolute Gasteiger partial charge is 0.224 e. The number of hydrogen-bond donors (Lipinski definition) is 1. The van der Waals surface area contributed by atoms with Gasteiger partial charge in [-0.25, -0.2) is 0 Å². The van der Waals surface area contributed by atoms with Crippen LogP contribution in [0.25, 0.3) is 0 Å². The summed E-state index contributed by atoms with van der Waals surface area (Å²) in [6.45, 7) is 3.93. The van der Waals surface area contributed by atoms with Gasteiger partial charge >= 0.3 is 0 Å². The Morgan fingerprint density at radius 1 is 1.25 bits per heavy atom. The van der Waals surface area contributed by atoms with E-state index in [0.717, 1.165) is 53.7 Å².